The van der Waals surface area contributed by atoms with Crippen molar-refractivity contribution in [1.29, 1.82) is 0 Å². The van der Waals surface area contributed by atoms with Gasteiger partial charge in [-0.1, -0.05) is 419 Å². The van der Waals surface area contributed by atoms with Crippen LogP contribution in [0.5, 0.6) is 0 Å². The van der Waals surface area contributed by atoms with E-state index in [4.69, 9.17) is 66.3 Å². The lowest BCUT2D eigenvalue weighted by molar-refractivity contribution is 1.07. The third-order valence-electron chi connectivity index (χ3n) is 25.4. The maximum Gasteiger partial charge on any atom is 0.226 e. The average Bonchev–Trinajstić information content (AvgIpc) is 1.61. The number of aromatic nitrogens is 12. The van der Waals surface area contributed by atoms with Crippen LogP contribution in [0.25, 0.3) is 249 Å². The normalized spacial score (nSPS) is 11.3. The van der Waals surface area contributed by atoms with Gasteiger partial charge in [0.2, 0.25) is 21.1 Å². The van der Waals surface area contributed by atoms with Crippen molar-refractivity contribution < 1.29 is 0 Å². The van der Waals surface area contributed by atoms with Crippen LogP contribution in [-0.2, 0) is 0 Å². The zero-order valence-corrected chi connectivity index (χ0v) is 82.5. The molecule has 0 aliphatic heterocycles. The number of benzene rings is 19. The van der Waals surface area contributed by atoms with E-state index in [0.717, 1.165) is 63.3 Å². The molecule has 8 aromatic heterocycles. The van der Waals surface area contributed by atoms with Crippen molar-refractivity contribution >= 4 is 183 Å². The highest BCUT2D eigenvalue weighted by Gasteiger charge is 2.25. The minimum Gasteiger partial charge on any atom is -0.208 e. The first kappa shape index (κ1) is 90.1. The van der Waals surface area contributed by atoms with E-state index in [1.165, 1.54) is 139 Å². The Labute approximate surface area is 863 Å². The van der Waals surface area contributed by atoms with E-state index in [0.29, 0.717) is 46.6 Å². The van der Waals surface area contributed by atoms with Gasteiger partial charge in [-0.3, -0.25) is 0 Å². The highest BCUT2D eigenvalue weighted by molar-refractivity contribution is 7.28. The smallest absolute Gasteiger partial charge is 0.208 e. The Morgan fingerprint density at radius 3 is 0.681 bits per heavy atom. The second kappa shape index (κ2) is 39.9. The van der Waals surface area contributed by atoms with Gasteiger partial charge in [-0.25, -0.2) is 19.9 Å². The zero-order valence-electron chi connectivity index (χ0n) is 76.2. The summed E-state index contributed by atoms with van der Waals surface area (Å²) >= 11 is 32.6. The number of rotatable bonds is 14. The molecule has 0 radical (unpaired) electrons. The van der Waals surface area contributed by atoms with Crippen molar-refractivity contribution in [1.82, 2.24) is 59.8 Å². The minimum atomic E-state index is 0.185. The summed E-state index contributed by atoms with van der Waals surface area (Å²) in [6.45, 7) is 0. The predicted molar refractivity (Wildman–Crippen MR) is 605 cm³/mol. The van der Waals surface area contributed by atoms with Crippen LogP contribution in [0.2, 0.25) is 21.1 Å². The second-order valence-corrected chi connectivity index (χ2v) is 39.5. The zero-order chi connectivity index (χ0) is 96.5. The molecule has 0 N–H and O–H groups in total. The molecule has 0 bridgehead atoms. The molecule has 0 saturated carbocycles. The van der Waals surface area contributed by atoms with Gasteiger partial charge in [0.25, 0.3) is 0 Å². The van der Waals surface area contributed by atoms with Crippen LogP contribution in [0.1, 0.15) is 0 Å². The quantitative estimate of drug-likeness (QED) is 0.102. The Morgan fingerprint density at radius 1 is 0.125 bits per heavy atom. The van der Waals surface area contributed by atoms with Gasteiger partial charge in [0.1, 0.15) is 0 Å². The summed E-state index contributed by atoms with van der Waals surface area (Å²) in [4.78, 5) is 54.8. The van der Waals surface area contributed by atoms with Gasteiger partial charge in [0, 0.05) is 136 Å². The Hall–Kier alpha value is -16.5. The minimum absolute atomic E-state index is 0.185. The SMILES string of the molecule is Clc1nc(-c2ccccc2)nc(-c2cccc3c2sc2c(-c4cccc(-c5ccccc5)c4)cccc23)n1.Clc1nc(-c2ccccc2)nc(-c2cccc3c2sc2c(-c4cccc5ccccc45)cccc23)n1.Clc1nc(-c2ccccc2)nc(-c2cccc3c2sc2c(-c4ccccc4)cccc23)n1.Clc1nc(-c2ccccc2)nc(-c2cccc3c2sc2c(-c4ccccc4-c4ccccc4)cccc23)n1. The van der Waals surface area contributed by atoms with E-state index in [1.807, 2.05) is 133 Å². The molecule has 27 rings (SSSR count). The Morgan fingerprint density at radius 2 is 0.326 bits per heavy atom. The van der Waals surface area contributed by atoms with Crippen LogP contribution >= 0.6 is 91.8 Å². The van der Waals surface area contributed by atoms with Crippen LogP contribution in [0.3, 0.4) is 0 Å². The average molecular weight is 2000 g/mol. The van der Waals surface area contributed by atoms with Crippen LogP contribution in [0.15, 0.2) is 449 Å². The second-order valence-electron chi connectivity index (χ2n) is 34.1. The molecular weight excluding hydrogens is 1930 g/mol. The molecular formula is C124H74Cl4N12S4. The molecule has 0 spiro atoms. The molecule has 682 valence electrons. The van der Waals surface area contributed by atoms with Crippen molar-refractivity contribution in [2.45, 2.75) is 0 Å². The fourth-order valence-corrected chi connectivity index (χ4v) is 24.8. The van der Waals surface area contributed by atoms with Gasteiger partial charge in [-0.2, -0.15) is 39.9 Å². The highest BCUT2D eigenvalue weighted by Crippen LogP contribution is 2.51. The van der Waals surface area contributed by atoms with Gasteiger partial charge in [0.15, 0.2) is 46.6 Å². The van der Waals surface area contributed by atoms with E-state index in [1.54, 1.807) is 45.3 Å². The van der Waals surface area contributed by atoms with Crippen molar-refractivity contribution in [2.24, 2.45) is 0 Å². The highest BCUT2D eigenvalue weighted by atomic mass is 35.5. The summed E-state index contributed by atoms with van der Waals surface area (Å²) in [7, 11) is 0. The first-order chi connectivity index (χ1) is 71.0. The van der Waals surface area contributed by atoms with Crippen LogP contribution in [0.4, 0.5) is 0 Å². The van der Waals surface area contributed by atoms with Crippen molar-refractivity contribution in [3.8, 4) is 158 Å². The summed E-state index contributed by atoms with van der Waals surface area (Å²) in [5.41, 5.74) is 22.0. The number of halogens is 4. The van der Waals surface area contributed by atoms with Gasteiger partial charge in [0.05, 0.1) is 0 Å². The van der Waals surface area contributed by atoms with Crippen LogP contribution in [0, 0.1) is 0 Å². The maximum absolute atomic E-state index is 6.40. The summed E-state index contributed by atoms with van der Waals surface area (Å²) in [6, 6.07) is 155. The molecule has 0 saturated heterocycles. The molecule has 8 heterocycles. The van der Waals surface area contributed by atoms with Crippen LogP contribution < -0.4 is 0 Å². The maximum atomic E-state index is 6.40. The van der Waals surface area contributed by atoms with Gasteiger partial charge in [-0.05, 0) is 143 Å². The summed E-state index contributed by atoms with van der Waals surface area (Å²) in [5.74, 6) is 4.60. The van der Waals surface area contributed by atoms with E-state index < -0.39 is 0 Å². The molecule has 144 heavy (non-hydrogen) atoms. The lowest BCUT2D eigenvalue weighted by atomic mass is 9.94. The summed E-state index contributed by atoms with van der Waals surface area (Å²) < 4.78 is 9.53. The monoisotopic (exact) mass is 2000 g/mol. The largest absolute Gasteiger partial charge is 0.226 e. The fraction of sp³-hybridized carbons (Fsp3) is 0. The molecule has 0 amide bonds. The number of nitrogens with zero attached hydrogens (tertiary/aromatic N) is 12. The first-order valence-electron chi connectivity index (χ1n) is 46.6. The van der Waals surface area contributed by atoms with Crippen molar-refractivity contribution in [2.75, 3.05) is 0 Å². The number of hydrogen-bond acceptors (Lipinski definition) is 16. The van der Waals surface area contributed by atoms with E-state index in [9.17, 15) is 0 Å². The number of hydrogen-bond donors (Lipinski definition) is 0. The third kappa shape index (κ3) is 17.9. The molecule has 0 fully saturated rings. The molecule has 0 atom stereocenters. The topological polar surface area (TPSA) is 155 Å². The molecule has 27 aromatic rings. The Kier molecular flexibility index (Phi) is 25.0. The predicted octanol–water partition coefficient (Wildman–Crippen LogP) is 36.1. The van der Waals surface area contributed by atoms with Crippen molar-refractivity contribution in [3.63, 3.8) is 0 Å². The summed E-state index contributed by atoms with van der Waals surface area (Å²) in [6.07, 6.45) is 0. The Balaban J connectivity index is 0.000000104. The van der Waals surface area contributed by atoms with Gasteiger partial charge < -0.3 is 0 Å². The molecule has 0 aliphatic carbocycles. The number of thiophene rings is 4. The molecule has 0 unspecified atom stereocenters. The lowest BCUT2D eigenvalue weighted by Crippen LogP contribution is -1.97. The lowest BCUT2D eigenvalue weighted by Gasteiger charge is -2.11. The summed E-state index contributed by atoms with van der Waals surface area (Å²) in [5, 5.41) is 12.9. The standard InChI is InChI=1S/2C33H20ClN3S.C31H18ClN3S.C27H16ClN3S/c34-33-36-31(22-12-5-2-6-13-22)35-32(37-33)28-19-9-18-27-26-17-8-16-25(29(26)38-30(27)28)24-15-7-14-23(20-24)21-10-3-1-4-11-21;34-33-36-31(22-13-5-2-6-14-22)35-32(37-33)28-20-10-19-27-26-18-9-17-25(29(26)38-30(27)28)24-16-8-7-15-23(24)21-11-3-1-4-12-21;32-31-34-29(20-10-2-1-3-11-20)33-30(35-31)26-18-8-17-25-24-16-7-15-23(27(24)36-28(25)26)22-14-6-12-19-9-4-5-13-21(19)22;28-27-30-25(18-11-5-2-6-12-18)29-26(31-27)22-16-8-15-21-20-14-7-13-19(23(20)32-24(21)22)17-9-3-1-4-10-17/h2*1-20H;1-18H;1-16H. The van der Waals surface area contributed by atoms with E-state index >= 15 is 0 Å². The molecule has 20 heteroatoms. The van der Waals surface area contributed by atoms with E-state index in [2.05, 4.69) is 355 Å². The van der Waals surface area contributed by atoms with E-state index in [-0.39, 0.29) is 21.1 Å². The fourth-order valence-electron chi connectivity index (χ4n) is 18.8. The third-order valence-corrected chi connectivity index (χ3v) is 31.2. The van der Waals surface area contributed by atoms with Gasteiger partial charge >= 0.3 is 0 Å². The molecule has 0 aliphatic rings. The van der Waals surface area contributed by atoms with Crippen molar-refractivity contribution in [3.05, 3.63) is 470 Å². The molecule has 19 aromatic carbocycles. The van der Waals surface area contributed by atoms with Crippen LogP contribution in [-0.4, -0.2) is 59.8 Å². The molecule has 12 nitrogen and oxygen atoms in total. The number of fused-ring (bicyclic) bond motifs is 13. The van der Waals surface area contributed by atoms with Gasteiger partial charge in [-0.15, -0.1) is 45.3 Å². The first-order valence-corrected chi connectivity index (χ1v) is 51.3. The Bertz CT molecular complexity index is 9530.